The summed E-state index contributed by atoms with van der Waals surface area (Å²) in [6.07, 6.45) is -2.54. The number of nitrogens with zero attached hydrogens (tertiary/aromatic N) is 3. The maximum atomic E-state index is 12.6. The topological polar surface area (TPSA) is 59.8 Å². The highest BCUT2D eigenvalue weighted by atomic mass is 35.5. The van der Waals surface area contributed by atoms with Crippen LogP contribution in [0.5, 0.6) is 0 Å². The van der Waals surface area contributed by atoms with Crippen LogP contribution in [0.4, 0.5) is 18.9 Å². The van der Waals surface area contributed by atoms with Crippen molar-refractivity contribution in [1.29, 1.82) is 0 Å². The summed E-state index contributed by atoms with van der Waals surface area (Å²) in [6, 6.07) is 11.3. The first-order valence-electron chi connectivity index (χ1n) is 7.45. The molecule has 26 heavy (non-hydrogen) atoms. The normalized spacial score (nSPS) is 11.4. The molecule has 0 amide bonds. The van der Waals surface area contributed by atoms with Crippen molar-refractivity contribution in [1.82, 2.24) is 14.8 Å². The summed E-state index contributed by atoms with van der Waals surface area (Å²) in [5, 5.41) is 6.80. The number of hydrogen-bond donors (Lipinski definition) is 1. The molecule has 0 saturated carbocycles. The average molecular weight is 381 g/mol. The fourth-order valence-electron chi connectivity index (χ4n) is 2.19. The largest absolute Gasteiger partial charge is 0.417 e. The average Bonchev–Trinajstić information content (AvgIpc) is 2.63. The summed E-state index contributed by atoms with van der Waals surface area (Å²) < 4.78 is 38.6. The Bertz CT molecular complexity index is 956. The van der Waals surface area contributed by atoms with Gasteiger partial charge in [-0.1, -0.05) is 41.9 Å². The van der Waals surface area contributed by atoms with Crippen molar-refractivity contribution < 1.29 is 13.2 Å². The van der Waals surface area contributed by atoms with Crippen molar-refractivity contribution in [3.63, 3.8) is 0 Å². The Hall–Kier alpha value is -2.87. The number of halogens is 4. The second kappa shape index (κ2) is 7.17. The molecule has 3 rings (SSSR count). The van der Waals surface area contributed by atoms with Gasteiger partial charge in [-0.05, 0) is 17.7 Å². The number of pyridine rings is 1. The van der Waals surface area contributed by atoms with E-state index >= 15 is 0 Å². The molecule has 0 spiro atoms. The van der Waals surface area contributed by atoms with Crippen molar-refractivity contribution >= 4 is 17.3 Å². The van der Waals surface area contributed by atoms with Gasteiger partial charge in [0.05, 0.1) is 17.4 Å². The maximum absolute atomic E-state index is 12.6. The third-order valence-corrected chi connectivity index (χ3v) is 3.90. The third kappa shape index (κ3) is 3.85. The van der Waals surface area contributed by atoms with Gasteiger partial charge in [-0.2, -0.15) is 23.0 Å². The number of nitrogens with one attached hydrogen (secondary N) is 1. The van der Waals surface area contributed by atoms with Crippen molar-refractivity contribution in [2.75, 3.05) is 5.32 Å². The summed E-state index contributed by atoms with van der Waals surface area (Å²) in [5.41, 5.74) is -0.292. The van der Waals surface area contributed by atoms with Crippen molar-refractivity contribution in [2.45, 2.75) is 12.7 Å². The van der Waals surface area contributed by atoms with E-state index in [1.54, 1.807) is 0 Å². The van der Waals surface area contributed by atoms with Crippen LogP contribution in [-0.2, 0) is 12.7 Å². The minimum absolute atomic E-state index is 0.0560. The Morgan fingerprint density at radius 2 is 1.81 bits per heavy atom. The van der Waals surface area contributed by atoms with E-state index in [9.17, 15) is 18.0 Å². The fourth-order valence-corrected chi connectivity index (χ4v) is 2.39. The van der Waals surface area contributed by atoms with Crippen molar-refractivity contribution in [2.24, 2.45) is 0 Å². The van der Waals surface area contributed by atoms with Gasteiger partial charge in [0.25, 0.3) is 5.56 Å². The highest BCUT2D eigenvalue weighted by molar-refractivity contribution is 6.32. The lowest BCUT2D eigenvalue weighted by Crippen LogP contribution is -2.23. The van der Waals surface area contributed by atoms with E-state index < -0.39 is 17.3 Å². The molecular weight excluding hydrogens is 369 g/mol. The monoisotopic (exact) mass is 380 g/mol. The summed E-state index contributed by atoms with van der Waals surface area (Å²) in [6.45, 7) is 0.435. The summed E-state index contributed by atoms with van der Waals surface area (Å²) in [4.78, 5) is 16.0. The van der Waals surface area contributed by atoms with Gasteiger partial charge in [-0.15, -0.1) is 0 Å². The molecule has 134 valence electrons. The zero-order valence-corrected chi connectivity index (χ0v) is 13.9. The molecule has 2 heterocycles. The number of benzene rings is 1. The molecule has 0 atom stereocenters. The molecule has 1 aromatic carbocycles. The molecule has 3 aromatic rings. The van der Waals surface area contributed by atoms with Crippen LogP contribution in [0.25, 0.3) is 5.82 Å². The molecule has 0 bridgehead atoms. The van der Waals surface area contributed by atoms with Crippen LogP contribution >= 0.6 is 11.6 Å². The van der Waals surface area contributed by atoms with Gasteiger partial charge in [0.2, 0.25) is 0 Å². The van der Waals surface area contributed by atoms with Crippen LogP contribution in [0.1, 0.15) is 11.1 Å². The van der Waals surface area contributed by atoms with Gasteiger partial charge >= 0.3 is 6.18 Å². The molecular formula is C17H12ClF3N4O. The second-order valence-corrected chi connectivity index (χ2v) is 5.71. The molecule has 0 aliphatic carbocycles. The minimum Gasteiger partial charge on any atom is -0.378 e. The van der Waals surface area contributed by atoms with Crippen molar-refractivity contribution in [3.05, 3.63) is 81.4 Å². The Balaban J connectivity index is 1.84. The SMILES string of the molecule is O=c1c(Cl)c(NCc2ccccc2)cnn1-c1ccc(C(F)(F)F)cn1. The van der Waals surface area contributed by atoms with E-state index in [0.29, 0.717) is 18.4 Å². The molecule has 5 nitrogen and oxygen atoms in total. The summed E-state index contributed by atoms with van der Waals surface area (Å²) >= 11 is 6.07. The third-order valence-electron chi connectivity index (χ3n) is 3.54. The van der Waals surface area contributed by atoms with Gasteiger partial charge in [0.1, 0.15) is 5.02 Å². The summed E-state index contributed by atoms with van der Waals surface area (Å²) in [5.74, 6) is -0.0560. The first-order chi connectivity index (χ1) is 12.4. The van der Waals surface area contributed by atoms with Gasteiger partial charge in [0.15, 0.2) is 5.82 Å². The smallest absolute Gasteiger partial charge is 0.378 e. The number of alkyl halides is 3. The van der Waals surface area contributed by atoms with Crippen LogP contribution in [0.3, 0.4) is 0 Å². The van der Waals surface area contributed by atoms with Crippen LogP contribution in [0.15, 0.2) is 59.7 Å². The van der Waals surface area contributed by atoms with E-state index in [-0.39, 0.29) is 10.8 Å². The zero-order valence-electron chi connectivity index (χ0n) is 13.2. The van der Waals surface area contributed by atoms with Gasteiger partial charge in [-0.3, -0.25) is 4.79 Å². The molecule has 0 unspecified atom stereocenters. The molecule has 1 N–H and O–H groups in total. The molecule has 0 fully saturated rings. The Kier molecular flexibility index (Phi) is 4.94. The molecule has 0 aliphatic rings. The number of anilines is 1. The van der Waals surface area contributed by atoms with E-state index in [1.807, 2.05) is 30.3 Å². The minimum atomic E-state index is -4.51. The molecule has 0 saturated heterocycles. The van der Waals surface area contributed by atoms with E-state index in [4.69, 9.17) is 11.6 Å². The van der Waals surface area contributed by atoms with E-state index in [2.05, 4.69) is 15.4 Å². The molecule has 9 heteroatoms. The van der Waals surface area contributed by atoms with Crippen LogP contribution in [0, 0.1) is 0 Å². The maximum Gasteiger partial charge on any atom is 0.417 e. The number of aromatic nitrogens is 3. The second-order valence-electron chi connectivity index (χ2n) is 5.33. The first-order valence-corrected chi connectivity index (χ1v) is 7.83. The lowest BCUT2D eigenvalue weighted by Gasteiger charge is -2.11. The number of rotatable bonds is 4. The molecule has 2 aromatic heterocycles. The van der Waals surface area contributed by atoms with E-state index in [0.717, 1.165) is 22.4 Å². The van der Waals surface area contributed by atoms with Crippen LogP contribution < -0.4 is 10.9 Å². The van der Waals surface area contributed by atoms with E-state index in [1.165, 1.54) is 6.20 Å². The van der Waals surface area contributed by atoms with Crippen molar-refractivity contribution in [3.8, 4) is 5.82 Å². The van der Waals surface area contributed by atoms with Crippen LogP contribution in [0.2, 0.25) is 5.02 Å². The lowest BCUT2D eigenvalue weighted by molar-refractivity contribution is -0.137. The quantitative estimate of drug-likeness (QED) is 0.745. The standard InChI is InChI=1S/C17H12ClF3N4O/c18-15-13(22-8-11-4-2-1-3-5-11)10-24-25(16(15)26)14-7-6-12(9-23-14)17(19,20)21/h1-7,9-10,22H,8H2. The van der Waals surface area contributed by atoms with Gasteiger partial charge < -0.3 is 5.32 Å². The molecule has 0 aliphatic heterocycles. The number of hydrogen-bond acceptors (Lipinski definition) is 4. The van der Waals surface area contributed by atoms with Crippen LogP contribution in [-0.4, -0.2) is 14.8 Å². The highest BCUT2D eigenvalue weighted by Gasteiger charge is 2.30. The zero-order chi connectivity index (χ0) is 18.7. The predicted octanol–water partition coefficient (Wildman–Crippen LogP) is 3.91. The Labute approximate surface area is 151 Å². The molecule has 0 radical (unpaired) electrons. The van der Waals surface area contributed by atoms with Gasteiger partial charge in [0, 0.05) is 12.7 Å². The van der Waals surface area contributed by atoms with Gasteiger partial charge in [-0.25, -0.2) is 4.98 Å². The Morgan fingerprint density at radius 3 is 2.42 bits per heavy atom. The fraction of sp³-hybridized carbons (Fsp3) is 0.118. The lowest BCUT2D eigenvalue weighted by atomic mass is 10.2. The predicted molar refractivity (Wildman–Crippen MR) is 91.4 cm³/mol. The first kappa shape index (κ1) is 17.9. The Morgan fingerprint density at radius 1 is 1.08 bits per heavy atom. The highest BCUT2D eigenvalue weighted by Crippen LogP contribution is 2.28. The summed E-state index contributed by atoms with van der Waals surface area (Å²) in [7, 11) is 0.